The maximum absolute atomic E-state index is 5.66. The summed E-state index contributed by atoms with van der Waals surface area (Å²) in [5.74, 6) is 2.41. The zero-order valence-corrected chi connectivity index (χ0v) is 12.5. The van der Waals surface area contributed by atoms with Gasteiger partial charge in [-0.1, -0.05) is 12.1 Å². The lowest BCUT2D eigenvalue weighted by Gasteiger charge is -2.13. The first-order valence-electron chi connectivity index (χ1n) is 6.98. The Hall–Kier alpha value is -2.10. The minimum Gasteiger partial charge on any atom is -0.493 e. The highest BCUT2D eigenvalue weighted by atomic mass is 16.5. The SMILES string of the molecule is CCNc1nc(-c2ccccc2OCC)nc(C)c1C. The Morgan fingerprint density at radius 3 is 2.55 bits per heavy atom. The van der Waals surface area contributed by atoms with E-state index >= 15 is 0 Å². The minimum absolute atomic E-state index is 0.627. The van der Waals surface area contributed by atoms with Crippen LogP contribution in [0.2, 0.25) is 0 Å². The molecule has 4 heteroatoms. The highest BCUT2D eigenvalue weighted by Crippen LogP contribution is 2.29. The second kappa shape index (κ2) is 6.37. The van der Waals surface area contributed by atoms with Crippen LogP contribution < -0.4 is 10.1 Å². The van der Waals surface area contributed by atoms with E-state index in [1.54, 1.807) is 0 Å². The number of anilines is 1. The molecule has 106 valence electrons. The molecule has 0 saturated heterocycles. The zero-order chi connectivity index (χ0) is 14.5. The predicted molar refractivity (Wildman–Crippen MR) is 82.3 cm³/mol. The Bertz CT molecular complexity index is 596. The standard InChI is InChI=1S/C16H21N3O/c1-5-17-15-11(3)12(4)18-16(19-15)13-9-7-8-10-14(13)20-6-2/h7-10H,5-6H2,1-4H3,(H,17,18,19). The molecule has 1 aromatic heterocycles. The molecule has 0 amide bonds. The monoisotopic (exact) mass is 271 g/mol. The van der Waals surface area contributed by atoms with Gasteiger partial charge in [-0.3, -0.25) is 0 Å². The number of nitrogens with one attached hydrogen (secondary N) is 1. The molecular formula is C16H21N3O. The van der Waals surface area contributed by atoms with Crippen LogP contribution in [0.25, 0.3) is 11.4 Å². The van der Waals surface area contributed by atoms with Gasteiger partial charge in [0.2, 0.25) is 0 Å². The molecule has 0 aliphatic heterocycles. The average Bonchev–Trinajstić information content (AvgIpc) is 2.45. The maximum Gasteiger partial charge on any atom is 0.165 e. The number of benzene rings is 1. The normalized spacial score (nSPS) is 10.4. The van der Waals surface area contributed by atoms with Crippen molar-refractivity contribution in [2.75, 3.05) is 18.5 Å². The van der Waals surface area contributed by atoms with Gasteiger partial charge < -0.3 is 10.1 Å². The van der Waals surface area contributed by atoms with Crippen molar-refractivity contribution in [2.24, 2.45) is 0 Å². The van der Waals surface area contributed by atoms with Crippen LogP contribution in [0.5, 0.6) is 5.75 Å². The number of hydrogen-bond acceptors (Lipinski definition) is 4. The van der Waals surface area contributed by atoms with Crippen LogP contribution in [0.15, 0.2) is 24.3 Å². The van der Waals surface area contributed by atoms with Gasteiger partial charge in [0.1, 0.15) is 11.6 Å². The van der Waals surface area contributed by atoms with Crippen molar-refractivity contribution < 1.29 is 4.74 Å². The molecule has 0 aliphatic carbocycles. The van der Waals surface area contributed by atoms with Crippen molar-refractivity contribution in [3.8, 4) is 17.1 Å². The topological polar surface area (TPSA) is 47.0 Å². The van der Waals surface area contributed by atoms with E-state index in [1.807, 2.05) is 45.0 Å². The highest BCUT2D eigenvalue weighted by Gasteiger charge is 2.12. The molecule has 1 heterocycles. The molecule has 4 nitrogen and oxygen atoms in total. The molecule has 0 atom stereocenters. The van der Waals surface area contributed by atoms with Gasteiger partial charge in [-0.15, -0.1) is 0 Å². The molecule has 0 spiro atoms. The molecule has 0 bridgehead atoms. The quantitative estimate of drug-likeness (QED) is 0.902. The van der Waals surface area contributed by atoms with Crippen LogP contribution in [0.4, 0.5) is 5.82 Å². The highest BCUT2D eigenvalue weighted by molar-refractivity contribution is 5.66. The summed E-state index contributed by atoms with van der Waals surface area (Å²) in [6.07, 6.45) is 0. The lowest BCUT2D eigenvalue weighted by Crippen LogP contribution is -2.06. The summed E-state index contributed by atoms with van der Waals surface area (Å²) in [7, 11) is 0. The summed E-state index contributed by atoms with van der Waals surface area (Å²) < 4.78 is 5.66. The summed E-state index contributed by atoms with van der Waals surface area (Å²) in [4.78, 5) is 9.23. The number of para-hydroxylation sites is 1. The number of ether oxygens (including phenoxy) is 1. The van der Waals surface area contributed by atoms with Gasteiger partial charge in [0.05, 0.1) is 12.2 Å². The van der Waals surface area contributed by atoms with Crippen molar-refractivity contribution in [1.29, 1.82) is 0 Å². The van der Waals surface area contributed by atoms with Crippen LogP contribution >= 0.6 is 0 Å². The van der Waals surface area contributed by atoms with E-state index in [4.69, 9.17) is 4.74 Å². The molecule has 1 aromatic carbocycles. The van der Waals surface area contributed by atoms with E-state index in [2.05, 4.69) is 22.2 Å². The van der Waals surface area contributed by atoms with Gasteiger partial charge in [0, 0.05) is 17.8 Å². The first kappa shape index (κ1) is 14.3. The number of hydrogen-bond donors (Lipinski definition) is 1. The van der Waals surface area contributed by atoms with E-state index in [9.17, 15) is 0 Å². The number of nitrogens with zero attached hydrogens (tertiary/aromatic N) is 2. The van der Waals surface area contributed by atoms with Gasteiger partial charge in [0.25, 0.3) is 0 Å². The van der Waals surface area contributed by atoms with Gasteiger partial charge in [-0.25, -0.2) is 9.97 Å². The van der Waals surface area contributed by atoms with E-state index in [0.29, 0.717) is 12.4 Å². The van der Waals surface area contributed by atoms with Crippen LogP contribution in [0.3, 0.4) is 0 Å². The van der Waals surface area contributed by atoms with Crippen molar-refractivity contribution in [2.45, 2.75) is 27.7 Å². The van der Waals surface area contributed by atoms with Crippen LogP contribution in [0, 0.1) is 13.8 Å². The fraction of sp³-hybridized carbons (Fsp3) is 0.375. The van der Waals surface area contributed by atoms with Gasteiger partial charge in [-0.2, -0.15) is 0 Å². The molecular weight excluding hydrogens is 250 g/mol. The molecule has 0 aliphatic rings. The summed E-state index contributed by atoms with van der Waals surface area (Å²) in [6.45, 7) is 9.54. The molecule has 20 heavy (non-hydrogen) atoms. The fourth-order valence-corrected chi connectivity index (χ4v) is 2.02. The Kier molecular flexibility index (Phi) is 4.56. The van der Waals surface area contributed by atoms with Crippen molar-refractivity contribution in [3.05, 3.63) is 35.5 Å². The third-order valence-electron chi connectivity index (χ3n) is 3.16. The molecule has 0 saturated carbocycles. The second-order valence-electron chi connectivity index (χ2n) is 4.57. The number of aromatic nitrogens is 2. The van der Waals surface area contributed by atoms with E-state index in [0.717, 1.165) is 34.9 Å². The third-order valence-corrected chi connectivity index (χ3v) is 3.16. The summed E-state index contributed by atoms with van der Waals surface area (Å²) in [5.41, 5.74) is 3.00. The Morgan fingerprint density at radius 1 is 1.10 bits per heavy atom. The first-order valence-corrected chi connectivity index (χ1v) is 6.98. The molecule has 2 aromatic rings. The van der Waals surface area contributed by atoms with E-state index < -0.39 is 0 Å². The summed E-state index contributed by atoms with van der Waals surface area (Å²) in [6, 6.07) is 7.87. The van der Waals surface area contributed by atoms with Crippen molar-refractivity contribution >= 4 is 5.82 Å². The molecule has 0 fully saturated rings. The maximum atomic E-state index is 5.66. The number of rotatable bonds is 5. The van der Waals surface area contributed by atoms with Crippen LogP contribution in [-0.2, 0) is 0 Å². The van der Waals surface area contributed by atoms with E-state index in [1.165, 1.54) is 0 Å². The minimum atomic E-state index is 0.627. The molecule has 1 N–H and O–H groups in total. The van der Waals surface area contributed by atoms with Crippen molar-refractivity contribution in [1.82, 2.24) is 9.97 Å². The van der Waals surface area contributed by atoms with Crippen LogP contribution in [0.1, 0.15) is 25.1 Å². The average molecular weight is 271 g/mol. The van der Waals surface area contributed by atoms with Gasteiger partial charge in [0.15, 0.2) is 5.82 Å². The zero-order valence-electron chi connectivity index (χ0n) is 12.5. The number of aryl methyl sites for hydroxylation is 1. The fourth-order valence-electron chi connectivity index (χ4n) is 2.02. The Labute approximate surface area is 120 Å². The Balaban J connectivity index is 2.52. The summed E-state index contributed by atoms with van der Waals surface area (Å²) >= 11 is 0. The van der Waals surface area contributed by atoms with Gasteiger partial charge in [-0.05, 0) is 39.8 Å². The predicted octanol–water partition coefficient (Wildman–Crippen LogP) is 3.59. The Morgan fingerprint density at radius 2 is 1.85 bits per heavy atom. The van der Waals surface area contributed by atoms with E-state index in [-0.39, 0.29) is 0 Å². The summed E-state index contributed by atoms with van der Waals surface area (Å²) in [5, 5.41) is 3.29. The lowest BCUT2D eigenvalue weighted by molar-refractivity contribution is 0.341. The first-order chi connectivity index (χ1) is 9.67. The van der Waals surface area contributed by atoms with Crippen molar-refractivity contribution in [3.63, 3.8) is 0 Å². The lowest BCUT2D eigenvalue weighted by atomic mass is 10.1. The second-order valence-corrected chi connectivity index (χ2v) is 4.57. The molecule has 0 unspecified atom stereocenters. The smallest absolute Gasteiger partial charge is 0.165 e. The van der Waals surface area contributed by atoms with Gasteiger partial charge >= 0.3 is 0 Å². The largest absolute Gasteiger partial charge is 0.493 e. The third kappa shape index (κ3) is 2.90. The molecule has 2 rings (SSSR count). The van der Waals surface area contributed by atoms with Crippen LogP contribution in [-0.4, -0.2) is 23.1 Å². The molecule has 0 radical (unpaired) electrons.